The van der Waals surface area contributed by atoms with Gasteiger partial charge in [-0.05, 0) is 37.7 Å². The Bertz CT molecular complexity index is 336. The Hall–Kier alpha value is -0.540. The highest BCUT2D eigenvalue weighted by Gasteiger charge is 2.23. The van der Waals surface area contributed by atoms with Gasteiger partial charge in [-0.1, -0.05) is 22.9 Å². The van der Waals surface area contributed by atoms with Crippen LogP contribution in [0, 0.1) is 0 Å². The number of hydrogen-bond acceptors (Lipinski definition) is 2. The van der Waals surface area contributed by atoms with Gasteiger partial charge in [0, 0.05) is 35.8 Å². The molecule has 3 heteroatoms. The molecule has 1 heterocycles. The van der Waals surface area contributed by atoms with E-state index in [1.807, 2.05) is 0 Å². The van der Waals surface area contributed by atoms with E-state index in [0.717, 1.165) is 17.6 Å². The minimum atomic E-state index is 0.653. The largest absolute Gasteiger partial charge is 0.366 e. The molecule has 0 aliphatic carbocycles. The van der Waals surface area contributed by atoms with Gasteiger partial charge in [0.05, 0.1) is 0 Å². The number of benzene rings is 1. The average Bonchev–Trinajstić information content (AvgIpc) is 2.30. The molecule has 1 aromatic rings. The summed E-state index contributed by atoms with van der Waals surface area (Å²) in [5, 5.41) is 0. The first-order chi connectivity index (χ1) is 7.70. The summed E-state index contributed by atoms with van der Waals surface area (Å²) >= 11 is 3.48. The lowest BCUT2D eigenvalue weighted by Gasteiger charge is -2.41. The van der Waals surface area contributed by atoms with Crippen LogP contribution in [0.4, 0.5) is 5.69 Å². The lowest BCUT2D eigenvalue weighted by atomic mass is 10.1. The highest BCUT2D eigenvalue weighted by atomic mass is 79.9. The molecule has 1 aliphatic rings. The third-order valence-corrected chi connectivity index (χ3v) is 3.84. The van der Waals surface area contributed by atoms with Crippen LogP contribution >= 0.6 is 15.9 Å². The van der Waals surface area contributed by atoms with Crippen LogP contribution in [0.1, 0.15) is 13.3 Å². The molecule has 1 fully saturated rings. The Labute approximate surface area is 106 Å². The van der Waals surface area contributed by atoms with Crippen molar-refractivity contribution in [2.24, 2.45) is 0 Å². The van der Waals surface area contributed by atoms with E-state index >= 15 is 0 Å². The second-order valence-electron chi connectivity index (χ2n) is 4.49. The van der Waals surface area contributed by atoms with Gasteiger partial charge in [0.2, 0.25) is 0 Å². The number of likely N-dealkylation sites (N-methyl/N-ethyl adjacent to an activating group) is 1. The summed E-state index contributed by atoms with van der Waals surface area (Å²) in [5.41, 5.74) is 1.35. The van der Waals surface area contributed by atoms with Gasteiger partial charge in [-0.25, -0.2) is 0 Å². The minimum Gasteiger partial charge on any atom is -0.366 e. The zero-order valence-corrected chi connectivity index (χ0v) is 11.6. The van der Waals surface area contributed by atoms with E-state index in [4.69, 9.17) is 0 Å². The molecule has 0 saturated carbocycles. The summed E-state index contributed by atoms with van der Waals surface area (Å²) < 4.78 is 1.15. The van der Waals surface area contributed by atoms with E-state index in [1.165, 1.54) is 18.7 Å². The molecule has 1 aromatic carbocycles. The molecule has 1 aliphatic heterocycles. The fourth-order valence-electron chi connectivity index (χ4n) is 2.33. The summed E-state index contributed by atoms with van der Waals surface area (Å²) in [6.45, 7) is 5.74. The standard InChI is InChI=1S/C13H19BrN2/c1-3-12-10-15(2)8-9-16(12)13-6-4-11(14)5-7-13/h4-7,12H,3,8-10H2,1-2H3. The summed E-state index contributed by atoms with van der Waals surface area (Å²) in [5.74, 6) is 0. The lowest BCUT2D eigenvalue weighted by molar-refractivity contribution is 0.264. The SMILES string of the molecule is CCC1CN(C)CCN1c1ccc(Br)cc1. The molecule has 0 aromatic heterocycles. The number of piperazine rings is 1. The van der Waals surface area contributed by atoms with Crippen molar-refractivity contribution in [3.8, 4) is 0 Å². The average molecular weight is 283 g/mol. The molecule has 1 atom stereocenters. The first-order valence-electron chi connectivity index (χ1n) is 5.91. The van der Waals surface area contributed by atoms with Gasteiger partial charge in [0.1, 0.15) is 0 Å². The third kappa shape index (κ3) is 2.58. The van der Waals surface area contributed by atoms with Crippen LogP contribution in [-0.4, -0.2) is 37.6 Å². The van der Waals surface area contributed by atoms with Gasteiger partial charge in [0.15, 0.2) is 0 Å². The van der Waals surface area contributed by atoms with E-state index in [1.54, 1.807) is 0 Å². The number of anilines is 1. The fraction of sp³-hybridized carbons (Fsp3) is 0.538. The predicted molar refractivity (Wildman–Crippen MR) is 73.1 cm³/mol. The van der Waals surface area contributed by atoms with Crippen molar-refractivity contribution in [2.45, 2.75) is 19.4 Å². The summed E-state index contributed by atoms with van der Waals surface area (Å²) in [6, 6.07) is 9.32. The van der Waals surface area contributed by atoms with Gasteiger partial charge in [-0.2, -0.15) is 0 Å². The van der Waals surface area contributed by atoms with Crippen LogP contribution in [-0.2, 0) is 0 Å². The van der Waals surface area contributed by atoms with E-state index in [2.05, 4.69) is 64.0 Å². The molecule has 0 amide bonds. The van der Waals surface area contributed by atoms with Crippen molar-refractivity contribution >= 4 is 21.6 Å². The van der Waals surface area contributed by atoms with Crippen LogP contribution in [0.3, 0.4) is 0 Å². The number of halogens is 1. The van der Waals surface area contributed by atoms with Crippen LogP contribution in [0.15, 0.2) is 28.7 Å². The van der Waals surface area contributed by atoms with Crippen molar-refractivity contribution in [3.63, 3.8) is 0 Å². The minimum absolute atomic E-state index is 0.653. The molecule has 88 valence electrons. The molecule has 0 radical (unpaired) electrons. The highest BCUT2D eigenvalue weighted by molar-refractivity contribution is 9.10. The molecular weight excluding hydrogens is 264 g/mol. The van der Waals surface area contributed by atoms with Crippen molar-refractivity contribution < 1.29 is 0 Å². The van der Waals surface area contributed by atoms with Gasteiger partial charge in [-0.3, -0.25) is 0 Å². The van der Waals surface area contributed by atoms with E-state index in [9.17, 15) is 0 Å². The maximum absolute atomic E-state index is 3.48. The third-order valence-electron chi connectivity index (χ3n) is 3.32. The molecular formula is C13H19BrN2. The van der Waals surface area contributed by atoms with Crippen LogP contribution < -0.4 is 4.90 Å². The second kappa shape index (κ2) is 5.19. The summed E-state index contributed by atoms with van der Waals surface area (Å²) in [4.78, 5) is 4.95. The highest BCUT2D eigenvalue weighted by Crippen LogP contribution is 2.23. The maximum atomic E-state index is 3.48. The molecule has 0 bridgehead atoms. The monoisotopic (exact) mass is 282 g/mol. The lowest BCUT2D eigenvalue weighted by Crippen LogP contribution is -2.51. The Kier molecular flexibility index (Phi) is 3.87. The normalized spacial score (nSPS) is 22.4. The molecule has 1 unspecified atom stereocenters. The maximum Gasteiger partial charge on any atom is 0.0414 e. The van der Waals surface area contributed by atoms with Crippen molar-refractivity contribution in [1.82, 2.24) is 4.90 Å². The second-order valence-corrected chi connectivity index (χ2v) is 5.41. The summed E-state index contributed by atoms with van der Waals surface area (Å²) in [7, 11) is 2.21. The Morgan fingerprint density at radius 1 is 1.25 bits per heavy atom. The van der Waals surface area contributed by atoms with Crippen molar-refractivity contribution in [1.29, 1.82) is 0 Å². The first kappa shape index (κ1) is 11.9. The Morgan fingerprint density at radius 3 is 2.56 bits per heavy atom. The van der Waals surface area contributed by atoms with E-state index in [0.29, 0.717) is 6.04 Å². The molecule has 1 saturated heterocycles. The number of nitrogens with zero attached hydrogens (tertiary/aromatic N) is 2. The quantitative estimate of drug-likeness (QED) is 0.823. The molecule has 2 nitrogen and oxygen atoms in total. The topological polar surface area (TPSA) is 6.48 Å². The van der Waals surface area contributed by atoms with E-state index < -0.39 is 0 Å². The number of rotatable bonds is 2. The fourth-order valence-corrected chi connectivity index (χ4v) is 2.60. The summed E-state index contributed by atoms with van der Waals surface area (Å²) in [6.07, 6.45) is 1.21. The zero-order valence-electron chi connectivity index (χ0n) is 9.99. The molecule has 0 N–H and O–H groups in total. The predicted octanol–water partition coefficient (Wildman–Crippen LogP) is 2.98. The van der Waals surface area contributed by atoms with Gasteiger partial charge < -0.3 is 9.80 Å². The van der Waals surface area contributed by atoms with Gasteiger partial charge >= 0.3 is 0 Å². The van der Waals surface area contributed by atoms with Crippen LogP contribution in [0.5, 0.6) is 0 Å². The molecule has 16 heavy (non-hydrogen) atoms. The van der Waals surface area contributed by atoms with E-state index in [-0.39, 0.29) is 0 Å². The molecule has 0 spiro atoms. The smallest absolute Gasteiger partial charge is 0.0414 e. The Balaban J connectivity index is 2.15. The zero-order chi connectivity index (χ0) is 11.5. The Morgan fingerprint density at radius 2 is 1.94 bits per heavy atom. The van der Waals surface area contributed by atoms with Crippen molar-refractivity contribution in [2.75, 3.05) is 31.6 Å². The van der Waals surface area contributed by atoms with Gasteiger partial charge in [0.25, 0.3) is 0 Å². The first-order valence-corrected chi connectivity index (χ1v) is 6.70. The van der Waals surface area contributed by atoms with Gasteiger partial charge in [-0.15, -0.1) is 0 Å². The van der Waals surface area contributed by atoms with Crippen molar-refractivity contribution in [3.05, 3.63) is 28.7 Å². The molecule has 2 rings (SSSR count). The van der Waals surface area contributed by atoms with Crippen LogP contribution in [0.25, 0.3) is 0 Å². The van der Waals surface area contributed by atoms with Crippen LogP contribution in [0.2, 0.25) is 0 Å². The number of hydrogen-bond donors (Lipinski definition) is 0.